The average Bonchev–Trinajstić information content (AvgIpc) is 3.60. The van der Waals surface area contributed by atoms with E-state index in [0.717, 1.165) is 66.1 Å². The lowest BCUT2D eigenvalue weighted by Gasteiger charge is -2.30. The zero-order valence-electron chi connectivity index (χ0n) is 24.4. The fourth-order valence-corrected chi connectivity index (χ4v) is 5.69. The Bertz CT molecular complexity index is 1550. The Labute approximate surface area is 240 Å². The van der Waals surface area contributed by atoms with E-state index in [1.807, 2.05) is 46.3 Å². The van der Waals surface area contributed by atoms with Crippen LogP contribution >= 0.6 is 0 Å². The molecule has 5 heterocycles. The van der Waals surface area contributed by atoms with Crippen LogP contribution in [0.25, 0.3) is 11.3 Å². The molecule has 4 aromatic rings. The summed E-state index contributed by atoms with van der Waals surface area (Å²) in [6, 6.07) is 8.48. The predicted molar refractivity (Wildman–Crippen MR) is 159 cm³/mol. The molecule has 216 valence electrons. The number of hydrogen-bond acceptors (Lipinski definition) is 8. The highest BCUT2D eigenvalue weighted by molar-refractivity contribution is 5.78. The number of para-hydroxylation sites is 1. The Balaban J connectivity index is 1.28. The summed E-state index contributed by atoms with van der Waals surface area (Å²) in [6.45, 7) is 11.7. The van der Waals surface area contributed by atoms with E-state index < -0.39 is 0 Å². The number of anilines is 2. The lowest BCUT2D eigenvalue weighted by Crippen LogP contribution is -2.40. The monoisotopic (exact) mass is 556 g/mol. The van der Waals surface area contributed by atoms with Gasteiger partial charge in [-0.3, -0.25) is 4.79 Å². The SMILES string of the molecule is CC(C)C(=O)N1CCc2nn(-c3ccccc3CNc3nc(N4CCC(N)CC4)nc4c(C(C)C)cnn34)cc2C1. The normalized spacial score (nSPS) is 16.2. The summed E-state index contributed by atoms with van der Waals surface area (Å²) in [6.07, 6.45) is 6.59. The maximum Gasteiger partial charge on any atom is 0.230 e. The van der Waals surface area contributed by atoms with E-state index in [1.165, 1.54) is 0 Å². The van der Waals surface area contributed by atoms with Gasteiger partial charge in [-0.1, -0.05) is 45.9 Å². The third kappa shape index (κ3) is 5.38. The highest BCUT2D eigenvalue weighted by atomic mass is 16.2. The number of rotatable bonds is 7. The second-order valence-electron chi connectivity index (χ2n) is 11.9. The molecular weight excluding hydrogens is 516 g/mol. The molecule has 11 nitrogen and oxygen atoms in total. The maximum absolute atomic E-state index is 12.6. The third-order valence-electron chi connectivity index (χ3n) is 8.17. The summed E-state index contributed by atoms with van der Waals surface area (Å²) >= 11 is 0. The number of amides is 1. The number of aromatic nitrogens is 6. The van der Waals surface area contributed by atoms with E-state index >= 15 is 0 Å². The van der Waals surface area contributed by atoms with E-state index in [0.29, 0.717) is 31.5 Å². The molecule has 2 aliphatic rings. The number of nitrogens with one attached hydrogen (secondary N) is 1. The van der Waals surface area contributed by atoms with E-state index in [2.05, 4.69) is 47.5 Å². The zero-order valence-corrected chi connectivity index (χ0v) is 24.4. The Morgan fingerprint density at radius 2 is 1.88 bits per heavy atom. The fourth-order valence-electron chi connectivity index (χ4n) is 5.69. The molecule has 3 N–H and O–H groups in total. The molecule has 1 fully saturated rings. The molecule has 1 aromatic carbocycles. The number of piperidine rings is 1. The van der Waals surface area contributed by atoms with Crippen LogP contribution in [0, 0.1) is 5.92 Å². The lowest BCUT2D eigenvalue weighted by atomic mass is 10.1. The Morgan fingerprint density at radius 1 is 1.10 bits per heavy atom. The summed E-state index contributed by atoms with van der Waals surface area (Å²) in [5.41, 5.74) is 12.3. The molecule has 3 aromatic heterocycles. The molecule has 0 atom stereocenters. The Kier molecular flexibility index (Phi) is 7.37. The van der Waals surface area contributed by atoms with Gasteiger partial charge in [0, 0.05) is 68.4 Å². The van der Waals surface area contributed by atoms with Crippen molar-refractivity contribution in [1.29, 1.82) is 0 Å². The summed E-state index contributed by atoms with van der Waals surface area (Å²) in [7, 11) is 0. The van der Waals surface area contributed by atoms with Crippen LogP contribution in [0.2, 0.25) is 0 Å². The highest BCUT2D eigenvalue weighted by Crippen LogP contribution is 2.26. The predicted octanol–water partition coefficient (Wildman–Crippen LogP) is 3.51. The van der Waals surface area contributed by atoms with Crippen molar-refractivity contribution in [3.63, 3.8) is 0 Å². The molecule has 6 rings (SSSR count). The highest BCUT2D eigenvalue weighted by Gasteiger charge is 2.26. The fraction of sp³-hybridized carbons (Fsp3) is 0.500. The molecule has 1 amide bonds. The van der Waals surface area contributed by atoms with Crippen LogP contribution < -0.4 is 16.0 Å². The summed E-state index contributed by atoms with van der Waals surface area (Å²) in [4.78, 5) is 26.6. The minimum absolute atomic E-state index is 0.00827. The summed E-state index contributed by atoms with van der Waals surface area (Å²) < 4.78 is 3.76. The van der Waals surface area contributed by atoms with Crippen LogP contribution in [0.15, 0.2) is 36.7 Å². The average molecular weight is 557 g/mol. The lowest BCUT2D eigenvalue weighted by molar-refractivity contribution is -0.135. The van der Waals surface area contributed by atoms with E-state index in [4.69, 9.17) is 20.8 Å². The van der Waals surface area contributed by atoms with Crippen molar-refractivity contribution in [2.75, 3.05) is 29.9 Å². The first kappa shape index (κ1) is 27.2. The van der Waals surface area contributed by atoms with Crippen LogP contribution in [0.1, 0.15) is 68.8 Å². The maximum atomic E-state index is 12.6. The number of fused-ring (bicyclic) bond motifs is 2. The quantitative estimate of drug-likeness (QED) is 0.355. The summed E-state index contributed by atoms with van der Waals surface area (Å²) in [5, 5.41) is 13.1. The van der Waals surface area contributed by atoms with Gasteiger partial charge in [0.2, 0.25) is 17.8 Å². The van der Waals surface area contributed by atoms with Gasteiger partial charge in [0.1, 0.15) is 0 Å². The van der Waals surface area contributed by atoms with Crippen molar-refractivity contribution < 1.29 is 4.79 Å². The van der Waals surface area contributed by atoms with E-state index in [1.54, 1.807) is 0 Å². The molecule has 0 radical (unpaired) electrons. The van der Waals surface area contributed by atoms with Gasteiger partial charge >= 0.3 is 0 Å². The molecular formula is C30H40N10O. The van der Waals surface area contributed by atoms with Gasteiger partial charge in [0.25, 0.3) is 0 Å². The van der Waals surface area contributed by atoms with Crippen LogP contribution in [0.5, 0.6) is 0 Å². The minimum Gasteiger partial charge on any atom is -0.350 e. The molecule has 0 aliphatic carbocycles. The number of benzene rings is 1. The van der Waals surface area contributed by atoms with Crippen molar-refractivity contribution in [3.8, 4) is 5.69 Å². The number of hydrogen-bond donors (Lipinski definition) is 2. The first-order valence-corrected chi connectivity index (χ1v) is 14.7. The molecule has 2 aliphatic heterocycles. The first-order valence-electron chi connectivity index (χ1n) is 14.7. The van der Waals surface area contributed by atoms with Gasteiger partial charge in [-0.25, -0.2) is 4.68 Å². The molecule has 11 heteroatoms. The van der Waals surface area contributed by atoms with Crippen molar-refractivity contribution in [1.82, 2.24) is 34.3 Å². The van der Waals surface area contributed by atoms with Gasteiger partial charge < -0.3 is 20.9 Å². The zero-order chi connectivity index (χ0) is 28.7. The number of nitrogens with two attached hydrogens (primary N) is 1. The van der Waals surface area contributed by atoms with Crippen molar-refractivity contribution in [2.24, 2.45) is 11.7 Å². The minimum atomic E-state index is -0.00827. The number of carbonyl (C=O) groups is 1. The molecule has 0 saturated carbocycles. The standard InChI is InChI=1S/C30H40N10O/c1-19(2)24-16-33-40-27(24)34-30(37-12-9-23(31)10-13-37)35-29(40)32-15-21-7-5-6-8-26(21)39-18-22-17-38(28(41)20(3)4)14-11-25(22)36-39/h5-8,16,18-20,23H,9-15,17,31H2,1-4H3,(H,32,34,35). The second-order valence-corrected chi connectivity index (χ2v) is 11.9. The topological polar surface area (TPSA) is 122 Å². The van der Waals surface area contributed by atoms with Crippen LogP contribution in [0.4, 0.5) is 11.9 Å². The smallest absolute Gasteiger partial charge is 0.230 e. The second kappa shape index (κ2) is 11.1. The molecule has 0 bridgehead atoms. The third-order valence-corrected chi connectivity index (χ3v) is 8.17. The van der Waals surface area contributed by atoms with Gasteiger partial charge in [-0.05, 0) is 30.4 Å². The van der Waals surface area contributed by atoms with Crippen LogP contribution in [0.3, 0.4) is 0 Å². The largest absolute Gasteiger partial charge is 0.350 e. The number of carbonyl (C=O) groups excluding carboxylic acids is 1. The first-order chi connectivity index (χ1) is 19.8. The van der Waals surface area contributed by atoms with Gasteiger partial charge in [-0.15, -0.1) is 0 Å². The molecule has 0 spiro atoms. The van der Waals surface area contributed by atoms with E-state index in [9.17, 15) is 4.79 Å². The van der Waals surface area contributed by atoms with Crippen LogP contribution in [-0.2, 0) is 24.3 Å². The number of nitrogens with zero attached hydrogens (tertiary/aromatic N) is 8. The Morgan fingerprint density at radius 3 is 2.63 bits per heavy atom. The van der Waals surface area contributed by atoms with Crippen molar-refractivity contribution >= 4 is 23.5 Å². The molecule has 41 heavy (non-hydrogen) atoms. The van der Waals surface area contributed by atoms with Gasteiger partial charge in [-0.2, -0.15) is 24.7 Å². The molecule has 1 saturated heterocycles. The molecule has 0 unspecified atom stereocenters. The van der Waals surface area contributed by atoms with Crippen LogP contribution in [-0.4, -0.2) is 65.8 Å². The van der Waals surface area contributed by atoms with Gasteiger partial charge in [0.05, 0.1) is 17.6 Å². The van der Waals surface area contributed by atoms with Crippen molar-refractivity contribution in [3.05, 3.63) is 59.0 Å². The van der Waals surface area contributed by atoms with Crippen molar-refractivity contribution in [2.45, 2.75) is 72.0 Å². The van der Waals surface area contributed by atoms with Gasteiger partial charge in [0.15, 0.2) is 5.65 Å². The Hall–Kier alpha value is -3.99. The van der Waals surface area contributed by atoms with E-state index in [-0.39, 0.29) is 23.8 Å². The summed E-state index contributed by atoms with van der Waals surface area (Å²) in [5.74, 6) is 1.84.